The molecule has 0 heterocycles. The van der Waals surface area contributed by atoms with E-state index in [1.807, 2.05) is 0 Å². The molecule has 0 aliphatic heterocycles. The van der Waals surface area contributed by atoms with Crippen molar-refractivity contribution in [1.29, 1.82) is 0 Å². The van der Waals surface area contributed by atoms with Crippen molar-refractivity contribution in [3.05, 3.63) is 24.3 Å². The molecular formula is C9H14Zr. The summed E-state index contributed by atoms with van der Waals surface area (Å²) in [7, 11) is 0. The summed E-state index contributed by atoms with van der Waals surface area (Å²) in [4.78, 5) is 0. The fourth-order valence-electron chi connectivity index (χ4n) is 1.01. The van der Waals surface area contributed by atoms with Crippen LogP contribution in [0, 0.1) is 0 Å². The Hall–Kier alpha value is 0.363. The molecule has 0 bridgehead atoms. The molecule has 0 amide bonds. The van der Waals surface area contributed by atoms with Crippen molar-refractivity contribution < 1.29 is 23.2 Å². The number of unbranched alkanes of at least 4 members (excludes halogenated alkanes) is 1. The standard InChI is InChI=1S/C5H5.C4H9.Zr/c1-2-4-5-3-1;1-3-4-2;/h1-5H;1,3-4H2,2H3;. The van der Waals surface area contributed by atoms with Gasteiger partial charge in [-0.3, -0.25) is 0 Å². The summed E-state index contributed by atoms with van der Waals surface area (Å²) in [5, 5.41) is 0. The topological polar surface area (TPSA) is 0 Å². The normalized spacial score (nSPS) is 16.5. The second kappa shape index (κ2) is 5.07. The SMILES string of the molecule is CCC[CH2][Zr][CH]1C=CC=C1. The van der Waals surface area contributed by atoms with Crippen molar-refractivity contribution in [3.8, 4) is 0 Å². The van der Waals surface area contributed by atoms with Crippen LogP contribution in [0.1, 0.15) is 19.8 Å². The molecule has 0 unspecified atom stereocenters. The van der Waals surface area contributed by atoms with Crippen molar-refractivity contribution in [2.24, 2.45) is 0 Å². The Kier molecular flexibility index (Phi) is 4.29. The Bertz CT molecular complexity index is 124. The van der Waals surface area contributed by atoms with Gasteiger partial charge in [-0.15, -0.1) is 0 Å². The van der Waals surface area contributed by atoms with Crippen LogP contribution in [0.25, 0.3) is 0 Å². The molecule has 54 valence electrons. The van der Waals surface area contributed by atoms with Crippen LogP contribution in [0.5, 0.6) is 0 Å². The summed E-state index contributed by atoms with van der Waals surface area (Å²) in [6, 6.07) is 0. The molecule has 0 radical (unpaired) electrons. The summed E-state index contributed by atoms with van der Waals surface area (Å²) < 4.78 is 2.48. The van der Waals surface area contributed by atoms with E-state index in [-0.39, 0.29) is 23.2 Å². The Labute approximate surface area is 75.0 Å². The first kappa shape index (κ1) is 8.46. The van der Waals surface area contributed by atoms with Crippen molar-refractivity contribution in [1.82, 2.24) is 0 Å². The van der Waals surface area contributed by atoms with Gasteiger partial charge >= 0.3 is 75.1 Å². The summed E-state index contributed by atoms with van der Waals surface area (Å²) in [6.45, 7) is 2.28. The molecule has 0 aromatic carbocycles. The van der Waals surface area contributed by atoms with Crippen LogP contribution in [0.3, 0.4) is 0 Å². The zero-order valence-corrected chi connectivity index (χ0v) is 8.97. The summed E-state index contributed by atoms with van der Waals surface area (Å²) >= 11 is -0.0533. The molecule has 1 heteroatoms. The van der Waals surface area contributed by atoms with Gasteiger partial charge in [-0.2, -0.15) is 0 Å². The Morgan fingerprint density at radius 3 is 2.60 bits per heavy atom. The number of hydrogen-bond acceptors (Lipinski definition) is 0. The molecule has 0 aromatic heterocycles. The van der Waals surface area contributed by atoms with Gasteiger partial charge in [0.05, 0.1) is 0 Å². The van der Waals surface area contributed by atoms with E-state index in [0.717, 1.165) is 3.63 Å². The average Bonchev–Trinajstić information content (AvgIpc) is 2.41. The Morgan fingerprint density at radius 2 is 2.00 bits per heavy atom. The molecule has 1 rings (SSSR count). The monoisotopic (exact) mass is 212 g/mol. The Morgan fingerprint density at radius 1 is 1.30 bits per heavy atom. The van der Waals surface area contributed by atoms with Gasteiger partial charge < -0.3 is 0 Å². The van der Waals surface area contributed by atoms with E-state index < -0.39 is 0 Å². The molecule has 0 fully saturated rings. The van der Waals surface area contributed by atoms with E-state index in [2.05, 4.69) is 31.2 Å². The molecule has 1 aliphatic carbocycles. The van der Waals surface area contributed by atoms with Crippen molar-refractivity contribution >= 4 is 0 Å². The van der Waals surface area contributed by atoms with Crippen molar-refractivity contribution in [2.45, 2.75) is 27.5 Å². The van der Waals surface area contributed by atoms with Gasteiger partial charge in [0.1, 0.15) is 0 Å². The summed E-state index contributed by atoms with van der Waals surface area (Å²) in [5.41, 5.74) is 0. The van der Waals surface area contributed by atoms with Gasteiger partial charge in [-0.05, 0) is 0 Å². The van der Waals surface area contributed by atoms with Crippen molar-refractivity contribution in [3.63, 3.8) is 0 Å². The van der Waals surface area contributed by atoms with Gasteiger partial charge in [0.15, 0.2) is 0 Å². The number of hydrogen-bond donors (Lipinski definition) is 0. The quantitative estimate of drug-likeness (QED) is 0.629. The molecule has 10 heavy (non-hydrogen) atoms. The van der Waals surface area contributed by atoms with Crippen LogP contribution in [-0.2, 0) is 23.2 Å². The molecule has 0 atom stereocenters. The van der Waals surface area contributed by atoms with Crippen LogP contribution < -0.4 is 0 Å². The third kappa shape index (κ3) is 2.97. The first-order chi connectivity index (χ1) is 4.93. The van der Waals surface area contributed by atoms with Crippen molar-refractivity contribution in [2.75, 3.05) is 0 Å². The van der Waals surface area contributed by atoms with Gasteiger partial charge in [0.25, 0.3) is 0 Å². The van der Waals surface area contributed by atoms with E-state index in [4.69, 9.17) is 0 Å². The molecule has 0 saturated carbocycles. The maximum absolute atomic E-state index is 2.36. The van der Waals surface area contributed by atoms with Gasteiger partial charge in [-0.1, -0.05) is 0 Å². The van der Waals surface area contributed by atoms with Crippen LogP contribution >= 0.6 is 0 Å². The molecule has 0 saturated heterocycles. The first-order valence-corrected chi connectivity index (χ1v) is 7.17. The molecule has 0 aromatic rings. The molecule has 0 spiro atoms. The van der Waals surface area contributed by atoms with E-state index in [1.165, 1.54) is 12.8 Å². The van der Waals surface area contributed by atoms with E-state index in [1.54, 1.807) is 4.13 Å². The third-order valence-corrected chi connectivity index (χ3v) is 5.34. The number of rotatable bonds is 4. The predicted octanol–water partition coefficient (Wildman–Crippen LogP) is 3.20. The third-order valence-electron chi connectivity index (χ3n) is 1.66. The number of allylic oxidation sites excluding steroid dienone is 4. The van der Waals surface area contributed by atoms with Gasteiger partial charge in [0, 0.05) is 0 Å². The molecule has 0 N–H and O–H groups in total. The van der Waals surface area contributed by atoms with Crippen LogP contribution in [0.4, 0.5) is 0 Å². The molecule has 0 nitrogen and oxygen atoms in total. The second-order valence-electron chi connectivity index (χ2n) is 2.60. The van der Waals surface area contributed by atoms with E-state index >= 15 is 0 Å². The van der Waals surface area contributed by atoms with Crippen LogP contribution in [0.15, 0.2) is 24.3 Å². The molecular weight excluding hydrogens is 199 g/mol. The fourth-order valence-corrected chi connectivity index (χ4v) is 4.42. The van der Waals surface area contributed by atoms with E-state index in [0.29, 0.717) is 0 Å². The zero-order chi connectivity index (χ0) is 7.23. The minimum atomic E-state index is -0.0533. The fraction of sp³-hybridized carbons (Fsp3) is 0.556. The van der Waals surface area contributed by atoms with Gasteiger partial charge in [-0.25, -0.2) is 0 Å². The van der Waals surface area contributed by atoms with Gasteiger partial charge in [0.2, 0.25) is 0 Å². The van der Waals surface area contributed by atoms with Crippen LogP contribution in [-0.4, -0.2) is 0 Å². The minimum absolute atomic E-state index is 0.0533. The second-order valence-corrected chi connectivity index (χ2v) is 6.47. The maximum atomic E-state index is 2.36. The average molecular weight is 213 g/mol. The summed E-state index contributed by atoms with van der Waals surface area (Å²) in [6.07, 6.45) is 11.9. The molecule has 1 aliphatic rings. The predicted molar refractivity (Wildman–Crippen MR) is 41.7 cm³/mol. The zero-order valence-electron chi connectivity index (χ0n) is 6.51. The first-order valence-electron chi connectivity index (χ1n) is 4.02. The summed E-state index contributed by atoms with van der Waals surface area (Å²) in [5.74, 6) is 0. The Balaban J connectivity index is 2.03. The van der Waals surface area contributed by atoms with E-state index in [9.17, 15) is 0 Å². The van der Waals surface area contributed by atoms with Crippen LogP contribution in [0.2, 0.25) is 7.75 Å².